The van der Waals surface area contributed by atoms with E-state index in [-0.39, 0.29) is 24.5 Å². The molecule has 2 aromatic rings. The first-order valence-corrected chi connectivity index (χ1v) is 10.2. The molecule has 0 unspecified atom stereocenters. The second kappa shape index (κ2) is 10.6. The van der Waals surface area contributed by atoms with Crippen LogP contribution in [0.1, 0.15) is 43.9 Å². The van der Waals surface area contributed by atoms with Crippen LogP contribution in [0.15, 0.2) is 48.5 Å². The number of carbonyl (C=O) groups excluding carboxylic acids is 2. The molecule has 0 bridgehead atoms. The normalized spacial score (nSPS) is 12.7. The average Bonchev–Trinajstić information content (AvgIpc) is 2.70. The second-order valence-corrected chi connectivity index (χ2v) is 7.56. The summed E-state index contributed by atoms with van der Waals surface area (Å²) >= 11 is 0. The van der Waals surface area contributed by atoms with E-state index in [1.165, 1.54) is 0 Å². The van der Waals surface area contributed by atoms with Crippen molar-refractivity contribution in [1.29, 1.82) is 0 Å². The highest BCUT2D eigenvalue weighted by Crippen LogP contribution is 2.17. The van der Waals surface area contributed by atoms with Gasteiger partial charge in [0.05, 0.1) is 0 Å². The van der Waals surface area contributed by atoms with Gasteiger partial charge in [0.1, 0.15) is 11.8 Å². The molecule has 0 aliphatic heterocycles. The number of nitrogens with zero attached hydrogens (tertiary/aromatic N) is 1. The molecule has 0 fully saturated rings. The lowest BCUT2D eigenvalue weighted by Gasteiger charge is -2.29. The number of hydrogen-bond acceptors (Lipinski definition) is 3. The largest absolute Gasteiger partial charge is 0.484 e. The quantitative estimate of drug-likeness (QED) is 0.697. The summed E-state index contributed by atoms with van der Waals surface area (Å²) in [5.41, 5.74) is 3.06. The van der Waals surface area contributed by atoms with Gasteiger partial charge in [-0.15, -0.1) is 0 Å². The molecule has 5 heteroatoms. The minimum atomic E-state index is -0.600. The van der Waals surface area contributed by atoms with Crippen LogP contribution in [-0.2, 0) is 16.1 Å². The molecule has 2 atom stereocenters. The zero-order valence-electron chi connectivity index (χ0n) is 18.1. The van der Waals surface area contributed by atoms with Crippen LogP contribution in [0.2, 0.25) is 0 Å². The molecule has 2 rings (SSSR count). The number of aryl methyl sites for hydroxylation is 2. The monoisotopic (exact) mass is 396 g/mol. The average molecular weight is 397 g/mol. The van der Waals surface area contributed by atoms with Crippen molar-refractivity contribution in [2.75, 3.05) is 6.61 Å². The van der Waals surface area contributed by atoms with Crippen molar-refractivity contribution >= 4 is 11.8 Å². The Bertz CT molecular complexity index is 834. The van der Waals surface area contributed by atoms with Crippen molar-refractivity contribution in [2.45, 2.75) is 59.7 Å². The number of rotatable bonds is 9. The van der Waals surface area contributed by atoms with Gasteiger partial charge in [-0.05, 0) is 51.3 Å². The molecule has 0 saturated carbocycles. The maximum Gasteiger partial charge on any atom is 0.261 e. The Kier molecular flexibility index (Phi) is 8.25. The van der Waals surface area contributed by atoms with Gasteiger partial charge in [0.25, 0.3) is 5.91 Å². The third-order valence-corrected chi connectivity index (χ3v) is 5.05. The number of carbonyl (C=O) groups is 2. The molecule has 1 N–H and O–H groups in total. The van der Waals surface area contributed by atoms with Crippen LogP contribution in [0.25, 0.3) is 0 Å². The minimum absolute atomic E-state index is 0.0593. The van der Waals surface area contributed by atoms with Crippen molar-refractivity contribution < 1.29 is 14.3 Å². The summed E-state index contributed by atoms with van der Waals surface area (Å²) in [4.78, 5) is 27.3. The zero-order valence-corrected chi connectivity index (χ0v) is 18.1. The van der Waals surface area contributed by atoms with E-state index in [4.69, 9.17) is 4.74 Å². The molecule has 0 radical (unpaired) electrons. The first kappa shape index (κ1) is 22.5. The number of hydrogen-bond donors (Lipinski definition) is 1. The van der Waals surface area contributed by atoms with E-state index in [1.807, 2.05) is 76.2 Å². The predicted octanol–water partition coefficient (Wildman–Crippen LogP) is 4.01. The molecular formula is C24H32N2O3. The van der Waals surface area contributed by atoms with Gasteiger partial charge in [-0.1, -0.05) is 55.0 Å². The van der Waals surface area contributed by atoms with E-state index in [9.17, 15) is 9.59 Å². The van der Waals surface area contributed by atoms with Crippen LogP contribution in [-0.4, -0.2) is 35.4 Å². The first-order chi connectivity index (χ1) is 13.8. The summed E-state index contributed by atoms with van der Waals surface area (Å²) in [6, 6.07) is 15.0. The van der Waals surface area contributed by atoms with Gasteiger partial charge in [-0.3, -0.25) is 9.59 Å². The lowest BCUT2D eigenvalue weighted by atomic mass is 10.1. The summed E-state index contributed by atoms with van der Waals surface area (Å²) in [6.07, 6.45) is 0.834. The summed E-state index contributed by atoms with van der Waals surface area (Å²) in [5, 5.41) is 2.97. The predicted molar refractivity (Wildman–Crippen MR) is 116 cm³/mol. The van der Waals surface area contributed by atoms with Gasteiger partial charge in [0, 0.05) is 12.6 Å². The van der Waals surface area contributed by atoms with E-state index in [0.717, 1.165) is 23.1 Å². The number of para-hydroxylation sites is 1. The van der Waals surface area contributed by atoms with E-state index >= 15 is 0 Å². The van der Waals surface area contributed by atoms with Crippen LogP contribution in [0.4, 0.5) is 0 Å². The van der Waals surface area contributed by atoms with Crippen molar-refractivity contribution in [1.82, 2.24) is 10.2 Å². The first-order valence-electron chi connectivity index (χ1n) is 10.2. The second-order valence-electron chi connectivity index (χ2n) is 7.56. The molecule has 5 nitrogen and oxygen atoms in total. The van der Waals surface area contributed by atoms with Gasteiger partial charge >= 0.3 is 0 Å². The molecule has 0 aromatic heterocycles. The molecule has 0 heterocycles. The molecule has 0 saturated heterocycles. The maximum atomic E-state index is 13.0. The minimum Gasteiger partial charge on any atom is -0.484 e. The van der Waals surface area contributed by atoms with Gasteiger partial charge in [-0.25, -0.2) is 0 Å². The molecule has 2 amide bonds. The van der Waals surface area contributed by atoms with Crippen molar-refractivity contribution in [3.63, 3.8) is 0 Å². The van der Waals surface area contributed by atoms with Crippen molar-refractivity contribution in [3.05, 3.63) is 65.2 Å². The van der Waals surface area contributed by atoms with Crippen LogP contribution in [0, 0.1) is 13.8 Å². The SMILES string of the molecule is CC[C@H](C)NC(=O)[C@H](C)N(Cc1cccc(C)c1)C(=O)COc1ccccc1C. The topological polar surface area (TPSA) is 58.6 Å². The van der Waals surface area contributed by atoms with E-state index in [0.29, 0.717) is 12.3 Å². The highest BCUT2D eigenvalue weighted by molar-refractivity contribution is 5.88. The van der Waals surface area contributed by atoms with Crippen molar-refractivity contribution in [2.24, 2.45) is 0 Å². The molecule has 0 spiro atoms. The van der Waals surface area contributed by atoms with Crippen molar-refractivity contribution in [3.8, 4) is 5.75 Å². The Morgan fingerprint density at radius 1 is 1.07 bits per heavy atom. The lowest BCUT2D eigenvalue weighted by Crippen LogP contribution is -2.50. The summed E-state index contributed by atoms with van der Waals surface area (Å²) in [5.74, 6) is 0.297. The fourth-order valence-corrected chi connectivity index (χ4v) is 3.00. The molecular weight excluding hydrogens is 364 g/mol. The Balaban J connectivity index is 2.17. The smallest absolute Gasteiger partial charge is 0.261 e. The third kappa shape index (κ3) is 6.63. The highest BCUT2D eigenvalue weighted by atomic mass is 16.5. The Hall–Kier alpha value is -2.82. The van der Waals surface area contributed by atoms with Gasteiger partial charge in [-0.2, -0.15) is 0 Å². The van der Waals surface area contributed by atoms with E-state index in [1.54, 1.807) is 11.8 Å². The number of ether oxygens (including phenoxy) is 1. The number of amides is 2. The molecule has 156 valence electrons. The standard InChI is InChI=1S/C24H32N2O3/c1-6-19(4)25-24(28)20(5)26(15-21-12-9-10-17(2)14-21)23(27)16-29-22-13-8-7-11-18(22)3/h7-14,19-20H,6,15-16H2,1-5H3,(H,25,28)/t19-,20-/m0/s1. The third-order valence-electron chi connectivity index (χ3n) is 5.05. The molecule has 29 heavy (non-hydrogen) atoms. The molecule has 2 aromatic carbocycles. The number of benzene rings is 2. The number of nitrogens with one attached hydrogen (secondary N) is 1. The lowest BCUT2D eigenvalue weighted by molar-refractivity contribution is -0.142. The fourth-order valence-electron chi connectivity index (χ4n) is 3.00. The molecule has 0 aliphatic carbocycles. The Morgan fingerprint density at radius 2 is 1.79 bits per heavy atom. The summed E-state index contributed by atoms with van der Waals surface area (Å²) < 4.78 is 5.75. The summed E-state index contributed by atoms with van der Waals surface area (Å²) in [6.45, 7) is 9.92. The molecule has 0 aliphatic rings. The van der Waals surface area contributed by atoms with Crippen LogP contribution in [0.3, 0.4) is 0 Å². The van der Waals surface area contributed by atoms with Gasteiger partial charge in [0.15, 0.2) is 6.61 Å². The van der Waals surface area contributed by atoms with E-state index in [2.05, 4.69) is 5.32 Å². The Labute approximate surface area is 174 Å². The maximum absolute atomic E-state index is 13.0. The fraction of sp³-hybridized carbons (Fsp3) is 0.417. The van der Waals surface area contributed by atoms with Crippen LogP contribution >= 0.6 is 0 Å². The zero-order chi connectivity index (χ0) is 21.4. The van der Waals surface area contributed by atoms with Crippen LogP contribution < -0.4 is 10.1 Å². The van der Waals surface area contributed by atoms with Gasteiger partial charge < -0.3 is 15.0 Å². The van der Waals surface area contributed by atoms with E-state index < -0.39 is 6.04 Å². The van der Waals surface area contributed by atoms with Gasteiger partial charge in [0.2, 0.25) is 5.91 Å². The summed E-state index contributed by atoms with van der Waals surface area (Å²) in [7, 11) is 0. The highest BCUT2D eigenvalue weighted by Gasteiger charge is 2.27. The Morgan fingerprint density at radius 3 is 2.45 bits per heavy atom. The van der Waals surface area contributed by atoms with Crippen LogP contribution in [0.5, 0.6) is 5.75 Å².